The number of aliphatic hydroxyl groups excluding tert-OH is 1. The van der Waals surface area contributed by atoms with Gasteiger partial charge in [0.15, 0.2) is 0 Å². The lowest BCUT2D eigenvalue weighted by Crippen LogP contribution is -2.45. The SMILES string of the molecule is C/C(=C\c1csc(C)n1)[C@@H]1C[C@@H]2O[C@]2(C)CCC[C@H](C)[C@H](O)[C@@H](C)C(=O)[C@]2(C)CC(=O)O[C@@H]2CC(=O)O1. The minimum Gasteiger partial charge on any atom is -0.461 e. The smallest absolute Gasteiger partial charge is 0.310 e. The summed E-state index contributed by atoms with van der Waals surface area (Å²) in [6, 6.07) is 0. The van der Waals surface area contributed by atoms with Gasteiger partial charge in [-0.1, -0.05) is 20.3 Å². The van der Waals surface area contributed by atoms with Gasteiger partial charge in [0.05, 0.1) is 46.8 Å². The molecule has 4 heterocycles. The summed E-state index contributed by atoms with van der Waals surface area (Å²) in [7, 11) is 0. The number of ether oxygens (including phenoxy) is 3. The number of Topliss-reactive ketones (excluding diaryl/α,β-unsaturated/α-hetero) is 1. The van der Waals surface area contributed by atoms with Crippen LogP contribution in [0.1, 0.15) is 83.8 Å². The number of carbonyl (C=O) groups excluding carboxylic acids is 3. The second-order valence-electron chi connectivity index (χ2n) is 11.6. The summed E-state index contributed by atoms with van der Waals surface area (Å²) >= 11 is 1.55. The number of epoxide rings is 1. The highest BCUT2D eigenvalue weighted by molar-refractivity contribution is 7.09. The second-order valence-corrected chi connectivity index (χ2v) is 12.7. The average Bonchev–Trinajstić information content (AvgIpc) is 3.10. The number of ketones is 1. The van der Waals surface area contributed by atoms with Gasteiger partial charge in [-0.15, -0.1) is 11.3 Å². The molecule has 0 aliphatic carbocycles. The number of hydrogen-bond donors (Lipinski definition) is 1. The fraction of sp³-hybridized carbons (Fsp3) is 0.714. The topological polar surface area (TPSA) is 115 Å². The van der Waals surface area contributed by atoms with Crippen molar-refractivity contribution >= 4 is 35.1 Å². The molecule has 1 aromatic rings. The summed E-state index contributed by atoms with van der Waals surface area (Å²) in [6.45, 7) is 11.2. The molecule has 0 radical (unpaired) electrons. The Kier molecular flexibility index (Phi) is 7.98. The number of aliphatic hydroxyl groups is 1. The van der Waals surface area contributed by atoms with E-state index >= 15 is 0 Å². The van der Waals surface area contributed by atoms with Gasteiger partial charge in [-0.3, -0.25) is 14.4 Å². The first-order chi connectivity index (χ1) is 17.3. The van der Waals surface area contributed by atoms with E-state index in [9.17, 15) is 19.5 Å². The van der Waals surface area contributed by atoms with Gasteiger partial charge in [-0.05, 0) is 58.1 Å². The molecule has 0 unspecified atom stereocenters. The monoisotopic (exact) mass is 533 g/mol. The van der Waals surface area contributed by atoms with Crippen LogP contribution in [0.5, 0.6) is 0 Å². The van der Waals surface area contributed by atoms with Crippen molar-refractivity contribution in [3.63, 3.8) is 0 Å². The molecular weight excluding hydrogens is 494 g/mol. The molecule has 1 N–H and O–H groups in total. The van der Waals surface area contributed by atoms with E-state index in [0.717, 1.165) is 35.5 Å². The summed E-state index contributed by atoms with van der Waals surface area (Å²) in [4.78, 5) is 43.5. The van der Waals surface area contributed by atoms with Crippen molar-refractivity contribution in [2.45, 2.75) is 110 Å². The lowest BCUT2D eigenvalue weighted by Gasteiger charge is -2.33. The number of aryl methyl sites for hydroxylation is 1. The van der Waals surface area contributed by atoms with Crippen molar-refractivity contribution in [3.8, 4) is 0 Å². The third-order valence-electron chi connectivity index (χ3n) is 8.51. The van der Waals surface area contributed by atoms with Crippen LogP contribution in [0.15, 0.2) is 11.0 Å². The van der Waals surface area contributed by atoms with E-state index in [1.165, 1.54) is 0 Å². The van der Waals surface area contributed by atoms with Crippen molar-refractivity contribution in [2.24, 2.45) is 17.3 Å². The quantitative estimate of drug-likeness (QED) is 0.439. The number of fused-ring (bicyclic) bond motifs is 2. The van der Waals surface area contributed by atoms with Crippen LogP contribution in [0, 0.1) is 24.2 Å². The average molecular weight is 534 g/mol. The van der Waals surface area contributed by atoms with Crippen molar-refractivity contribution in [1.29, 1.82) is 0 Å². The van der Waals surface area contributed by atoms with Crippen LogP contribution in [0.25, 0.3) is 6.08 Å². The minimum atomic E-state index is -1.20. The molecule has 37 heavy (non-hydrogen) atoms. The van der Waals surface area contributed by atoms with E-state index in [0.29, 0.717) is 6.42 Å². The molecule has 8 nitrogen and oxygen atoms in total. The molecule has 0 bridgehead atoms. The molecule has 3 fully saturated rings. The number of nitrogens with zero attached hydrogens (tertiary/aromatic N) is 1. The number of hydrogen-bond acceptors (Lipinski definition) is 9. The van der Waals surface area contributed by atoms with E-state index in [2.05, 4.69) is 11.9 Å². The third-order valence-corrected chi connectivity index (χ3v) is 9.30. The first-order valence-corrected chi connectivity index (χ1v) is 14.1. The summed E-state index contributed by atoms with van der Waals surface area (Å²) in [6.07, 6.45) is 2.10. The lowest BCUT2D eigenvalue weighted by atomic mass is 9.71. The van der Waals surface area contributed by atoms with Crippen LogP contribution in [-0.2, 0) is 28.6 Å². The first kappa shape index (κ1) is 27.9. The zero-order valence-corrected chi connectivity index (χ0v) is 23.4. The Labute approximate surface area is 222 Å². The zero-order valence-electron chi connectivity index (χ0n) is 22.6. The van der Waals surface area contributed by atoms with Gasteiger partial charge in [0.25, 0.3) is 0 Å². The van der Waals surface area contributed by atoms with Crippen LogP contribution < -0.4 is 0 Å². The van der Waals surface area contributed by atoms with Gasteiger partial charge in [0.1, 0.15) is 18.0 Å². The normalized spacial score (nSPS) is 40.0. The van der Waals surface area contributed by atoms with Crippen LogP contribution in [0.3, 0.4) is 0 Å². The molecule has 3 saturated heterocycles. The van der Waals surface area contributed by atoms with Gasteiger partial charge >= 0.3 is 11.9 Å². The van der Waals surface area contributed by atoms with Crippen molar-refractivity contribution < 1.29 is 33.7 Å². The Bertz CT molecular complexity index is 1080. The van der Waals surface area contributed by atoms with Gasteiger partial charge in [0, 0.05) is 17.7 Å². The largest absolute Gasteiger partial charge is 0.461 e. The van der Waals surface area contributed by atoms with Gasteiger partial charge < -0.3 is 19.3 Å². The molecule has 1 aromatic heterocycles. The Morgan fingerprint density at radius 3 is 2.57 bits per heavy atom. The third kappa shape index (κ3) is 5.99. The Morgan fingerprint density at radius 2 is 1.89 bits per heavy atom. The van der Waals surface area contributed by atoms with Crippen molar-refractivity contribution in [2.75, 3.05) is 0 Å². The molecule has 3 aliphatic rings. The number of carbonyl (C=O) groups is 3. The number of rotatable bonds is 2. The maximum absolute atomic E-state index is 13.6. The fourth-order valence-electron chi connectivity index (χ4n) is 5.83. The number of esters is 2. The Morgan fingerprint density at radius 1 is 1.16 bits per heavy atom. The summed E-state index contributed by atoms with van der Waals surface area (Å²) in [5.74, 6) is -2.11. The maximum atomic E-state index is 13.6. The lowest BCUT2D eigenvalue weighted by molar-refractivity contribution is -0.155. The molecule has 0 spiro atoms. The summed E-state index contributed by atoms with van der Waals surface area (Å²) in [5.41, 5.74) is 0.145. The summed E-state index contributed by atoms with van der Waals surface area (Å²) in [5, 5.41) is 13.9. The minimum absolute atomic E-state index is 0.0611. The van der Waals surface area contributed by atoms with E-state index in [-0.39, 0.29) is 36.2 Å². The number of thiazole rings is 1. The van der Waals surface area contributed by atoms with E-state index in [1.54, 1.807) is 25.2 Å². The fourth-order valence-corrected chi connectivity index (χ4v) is 6.40. The van der Waals surface area contributed by atoms with Crippen LogP contribution in [0.4, 0.5) is 0 Å². The van der Waals surface area contributed by atoms with Crippen LogP contribution >= 0.6 is 11.3 Å². The molecule has 8 atom stereocenters. The van der Waals surface area contributed by atoms with Crippen LogP contribution in [0.2, 0.25) is 0 Å². The molecule has 0 aromatic carbocycles. The predicted molar refractivity (Wildman–Crippen MR) is 139 cm³/mol. The van der Waals surface area contributed by atoms with Gasteiger partial charge in [0.2, 0.25) is 0 Å². The first-order valence-electron chi connectivity index (χ1n) is 13.2. The maximum Gasteiger partial charge on any atom is 0.310 e. The van der Waals surface area contributed by atoms with Gasteiger partial charge in [-0.25, -0.2) is 4.98 Å². The predicted octanol–water partition coefficient (Wildman–Crippen LogP) is 4.41. The molecular formula is C28H39NO7S. The van der Waals surface area contributed by atoms with Gasteiger partial charge in [-0.2, -0.15) is 0 Å². The molecule has 3 aliphatic heterocycles. The van der Waals surface area contributed by atoms with E-state index in [4.69, 9.17) is 14.2 Å². The highest BCUT2D eigenvalue weighted by atomic mass is 32.1. The molecule has 0 amide bonds. The van der Waals surface area contributed by atoms with Crippen molar-refractivity contribution in [3.05, 3.63) is 21.7 Å². The van der Waals surface area contributed by atoms with Crippen LogP contribution in [-0.4, -0.2) is 57.8 Å². The van der Waals surface area contributed by atoms with E-state index < -0.39 is 41.6 Å². The molecule has 9 heteroatoms. The van der Waals surface area contributed by atoms with Crippen molar-refractivity contribution in [1.82, 2.24) is 4.98 Å². The Balaban J connectivity index is 1.61. The number of cyclic esters (lactones) is 1. The molecule has 0 saturated carbocycles. The molecule has 204 valence electrons. The summed E-state index contributed by atoms with van der Waals surface area (Å²) < 4.78 is 17.5. The molecule has 4 rings (SSSR count). The second kappa shape index (κ2) is 10.6. The highest BCUT2D eigenvalue weighted by Crippen LogP contribution is 2.46. The number of aromatic nitrogens is 1. The van der Waals surface area contributed by atoms with E-state index in [1.807, 2.05) is 32.2 Å². The zero-order chi connectivity index (χ0) is 27.1. The Hall–Kier alpha value is -2.10. The highest BCUT2D eigenvalue weighted by Gasteiger charge is 2.55. The standard InChI is InChI=1S/C28H39NO7S/c1-15-8-7-9-28(6)22(36-28)11-20(16(2)10-19-14-37-18(4)29-19)34-23(30)12-21-27(5,13-24(31)35-21)26(33)17(3)25(15)32/h10,14-15,17,20-22,25,32H,7-9,11-13H2,1-6H3/b16-10+/t15-,17+,20-,21+,22-,25-,27+,28+/m0/s1.